The second kappa shape index (κ2) is 8.92. The van der Waals surface area contributed by atoms with Gasteiger partial charge in [0, 0.05) is 11.6 Å². The predicted octanol–water partition coefficient (Wildman–Crippen LogP) is 7.09. The average Bonchev–Trinajstić information content (AvgIpc) is 3.27. The number of aromatic nitrogens is 1. The van der Waals surface area contributed by atoms with Gasteiger partial charge in [-0.15, -0.1) is 0 Å². The largest absolute Gasteiger partial charge is 0.279 e. The molecule has 6 heteroatoms. The van der Waals surface area contributed by atoms with Gasteiger partial charge in [0.1, 0.15) is 11.3 Å². The van der Waals surface area contributed by atoms with Crippen LogP contribution in [0.1, 0.15) is 15.9 Å². The topological polar surface area (TPSA) is 33.2 Å². The molecule has 0 fully saturated rings. The van der Waals surface area contributed by atoms with Crippen LogP contribution in [0, 0.1) is 11.6 Å². The third kappa shape index (κ3) is 4.38. The molecular weight excluding hydrogens is 438 g/mol. The number of fused-ring (bicyclic) bond motifs is 1. The monoisotopic (exact) mass is 456 g/mol. The molecule has 0 spiro atoms. The zero-order valence-corrected chi connectivity index (χ0v) is 18.2. The number of nitrogens with zero attached hydrogens (tertiary/aromatic N) is 2. The lowest BCUT2D eigenvalue weighted by molar-refractivity contribution is 0.0985. The van der Waals surface area contributed by atoms with E-state index in [4.69, 9.17) is 0 Å². The molecule has 0 unspecified atom stereocenters. The van der Waals surface area contributed by atoms with E-state index in [0.29, 0.717) is 15.4 Å². The molecule has 3 nitrogen and oxygen atoms in total. The minimum Gasteiger partial charge on any atom is -0.279 e. The number of amides is 1. The van der Waals surface area contributed by atoms with Crippen LogP contribution in [0.2, 0.25) is 0 Å². The van der Waals surface area contributed by atoms with Crippen LogP contribution in [0.4, 0.5) is 13.9 Å². The molecule has 1 heterocycles. The number of halogens is 2. The lowest BCUT2D eigenvalue weighted by atomic mass is 10.0. The number of hydrogen-bond donors (Lipinski definition) is 0. The fraction of sp³-hybridized carbons (Fsp3) is 0.0370. The van der Waals surface area contributed by atoms with Crippen LogP contribution in [-0.2, 0) is 6.54 Å². The van der Waals surface area contributed by atoms with E-state index in [2.05, 4.69) is 4.98 Å². The van der Waals surface area contributed by atoms with Crippen LogP contribution in [-0.4, -0.2) is 10.9 Å². The Morgan fingerprint density at radius 2 is 1.45 bits per heavy atom. The molecule has 0 aliphatic carbocycles. The summed E-state index contributed by atoms with van der Waals surface area (Å²) in [4.78, 5) is 19.4. The van der Waals surface area contributed by atoms with Crippen LogP contribution in [0.25, 0.3) is 21.3 Å². The van der Waals surface area contributed by atoms with Crippen LogP contribution < -0.4 is 4.90 Å². The highest BCUT2D eigenvalue weighted by molar-refractivity contribution is 7.22. The van der Waals surface area contributed by atoms with Gasteiger partial charge in [0.2, 0.25) is 0 Å². The highest BCUT2D eigenvalue weighted by Gasteiger charge is 2.23. The van der Waals surface area contributed by atoms with E-state index in [1.54, 1.807) is 12.1 Å². The van der Waals surface area contributed by atoms with Crippen molar-refractivity contribution in [2.75, 3.05) is 4.90 Å². The molecule has 0 atom stereocenters. The third-order valence-corrected chi connectivity index (χ3v) is 6.33. The smallest absolute Gasteiger partial charge is 0.260 e. The summed E-state index contributed by atoms with van der Waals surface area (Å²) in [5, 5.41) is 0.315. The first-order chi connectivity index (χ1) is 16.1. The predicted molar refractivity (Wildman–Crippen MR) is 128 cm³/mol. The summed E-state index contributed by atoms with van der Waals surface area (Å²) in [7, 11) is 0. The zero-order chi connectivity index (χ0) is 22.8. The molecule has 5 rings (SSSR count). The molecule has 1 aromatic heterocycles. The van der Waals surface area contributed by atoms with E-state index < -0.39 is 11.6 Å². The van der Waals surface area contributed by atoms with Crippen LogP contribution in [0.3, 0.4) is 0 Å². The number of benzene rings is 4. The molecule has 33 heavy (non-hydrogen) atoms. The van der Waals surface area contributed by atoms with Gasteiger partial charge < -0.3 is 0 Å². The average molecular weight is 457 g/mol. The number of carbonyl (C=O) groups excluding carboxylic acids is 1. The first kappa shape index (κ1) is 21.0. The maximum absolute atomic E-state index is 14.3. The summed E-state index contributed by atoms with van der Waals surface area (Å²) in [5.74, 6) is -1.68. The minimum absolute atomic E-state index is 0.0571. The summed E-state index contributed by atoms with van der Waals surface area (Å²) < 4.78 is 28.3. The van der Waals surface area contributed by atoms with Crippen molar-refractivity contribution in [2.45, 2.75) is 6.54 Å². The molecule has 0 aliphatic heterocycles. The number of hydrogen-bond acceptors (Lipinski definition) is 3. The Morgan fingerprint density at radius 3 is 2.15 bits per heavy atom. The Labute approximate surface area is 193 Å². The summed E-state index contributed by atoms with van der Waals surface area (Å²) in [6.45, 7) is 0.254. The molecular formula is C27H18F2N2OS. The second-order valence-electron chi connectivity index (χ2n) is 7.55. The van der Waals surface area contributed by atoms with Crippen molar-refractivity contribution in [1.29, 1.82) is 0 Å². The summed E-state index contributed by atoms with van der Waals surface area (Å²) in [6, 6.07) is 28.8. The van der Waals surface area contributed by atoms with Gasteiger partial charge in [0.05, 0.1) is 11.2 Å². The van der Waals surface area contributed by atoms with Crippen molar-refractivity contribution < 1.29 is 13.6 Å². The zero-order valence-electron chi connectivity index (χ0n) is 17.4. The molecule has 4 aromatic carbocycles. The van der Waals surface area contributed by atoms with Gasteiger partial charge in [-0.05, 0) is 34.9 Å². The van der Waals surface area contributed by atoms with E-state index in [1.165, 1.54) is 11.0 Å². The van der Waals surface area contributed by atoms with Gasteiger partial charge in [0.15, 0.2) is 10.9 Å². The molecule has 0 bridgehead atoms. The highest BCUT2D eigenvalue weighted by Crippen LogP contribution is 2.33. The molecule has 0 aliphatic rings. The van der Waals surface area contributed by atoms with E-state index in [0.717, 1.165) is 34.1 Å². The number of carbonyl (C=O) groups is 1. The summed E-state index contributed by atoms with van der Waals surface area (Å²) in [6.07, 6.45) is 0. The summed E-state index contributed by atoms with van der Waals surface area (Å²) >= 11 is 1.09. The number of rotatable bonds is 5. The van der Waals surface area contributed by atoms with E-state index in [9.17, 15) is 13.6 Å². The lowest BCUT2D eigenvalue weighted by Gasteiger charge is -2.20. The second-order valence-corrected chi connectivity index (χ2v) is 8.56. The van der Waals surface area contributed by atoms with Gasteiger partial charge in [0.25, 0.3) is 5.91 Å². The SMILES string of the molecule is O=C(c1ccc(-c2ccccc2)cc1)N(Cc1ccccc1)c1nc2c(F)cc(F)cc2s1. The van der Waals surface area contributed by atoms with E-state index >= 15 is 0 Å². The van der Waals surface area contributed by atoms with Gasteiger partial charge in [-0.3, -0.25) is 9.69 Å². The van der Waals surface area contributed by atoms with Crippen LogP contribution in [0.5, 0.6) is 0 Å². The Morgan fingerprint density at radius 1 is 0.818 bits per heavy atom. The Balaban J connectivity index is 1.53. The molecule has 1 amide bonds. The van der Waals surface area contributed by atoms with Crippen LogP contribution in [0.15, 0.2) is 97.1 Å². The summed E-state index contributed by atoms with van der Waals surface area (Å²) in [5.41, 5.74) is 3.50. The van der Waals surface area contributed by atoms with Crippen molar-refractivity contribution >= 4 is 32.6 Å². The molecule has 162 valence electrons. The quantitative estimate of drug-likeness (QED) is 0.283. The third-order valence-electron chi connectivity index (χ3n) is 5.30. The van der Waals surface area contributed by atoms with E-state index in [1.807, 2.05) is 72.8 Å². The number of anilines is 1. The van der Waals surface area contributed by atoms with Crippen molar-refractivity contribution in [1.82, 2.24) is 4.98 Å². The molecule has 5 aromatic rings. The fourth-order valence-corrected chi connectivity index (χ4v) is 4.65. The van der Waals surface area contributed by atoms with Gasteiger partial charge in [-0.2, -0.15) is 0 Å². The number of thiazole rings is 1. The van der Waals surface area contributed by atoms with E-state index in [-0.39, 0.29) is 18.0 Å². The highest BCUT2D eigenvalue weighted by atomic mass is 32.1. The normalized spacial score (nSPS) is 11.0. The van der Waals surface area contributed by atoms with Crippen molar-refractivity contribution in [3.05, 3.63) is 120 Å². The van der Waals surface area contributed by atoms with Gasteiger partial charge in [-0.1, -0.05) is 84.1 Å². The maximum atomic E-state index is 14.3. The van der Waals surface area contributed by atoms with Gasteiger partial charge in [-0.25, -0.2) is 13.8 Å². The molecule has 0 N–H and O–H groups in total. The standard InChI is InChI=1S/C27H18F2N2OS/c28-22-15-23(29)25-24(16-22)33-27(30-25)31(17-18-7-3-1-4-8-18)26(32)21-13-11-20(12-14-21)19-9-5-2-6-10-19/h1-16H,17H2. The first-order valence-corrected chi connectivity index (χ1v) is 11.2. The molecule has 0 saturated carbocycles. The van der Waals surface area contributed by atoms with Gasteiger partial charge >= 0.3 is 0 Å². The maximum Gasteiger partial charge on any atom is 0.260 e. The first-order valence-electron chi connectivity index (χ1n) is 10.4. The Bertz CT molecular complexity index is 1420. The van der Waals surface area contributed by atoms with Crippen LogP contribution >= 0.6 is 11.3 Å². The molecule has 0 radical (unpaired) electrons. The molecule has 0 saturated heterocycles. The van der Waals surface area contributed by atoms with Crippen molar-refractivity contribution in [3.8, 4) is 11.1 Å². The lowest BCUT2D eigenvalue weighted by Crippen LogP contribution is -2.30. The Hall–Kier alpha value is -3.90. The van der Waals surface area contributed by atoms with Crippen molar-refractivity contribution in [3.63, 3.8) is 0 Å². The Kier molecular flexibility index (Phi) is 5.67. The van der Waals surface area contributed by atoms with Crippen molar-refractivity contribution in [2.24, 2.45) is 0 Å². The fourth-order valence-electron chi connectivity index (χ4n) is 3.64. The minimum atomic E-state index is -0.744.